The molecule has 1 aliphatic heterocycles. The predicted molar refractivity (Wildman–Crippen MR) is 120 cm³/mol. The molecule has 0 atom stereocenters. The largest absolute Gasteiger partial charge is 0.282 e. The van der Waals surface area contributed by atoms with Crippen molar-refractivity contribution in [1.82, 2.24) is 5.01 Å². The number of hydrazine groups is 1. The average Bonchev–Trinajstić information content (AvgIpc) is 2.74. The molecule has 0 aromatic heterocycles. The minimum Gasteiger partial charge on any atom is -0.282 e. The highest BCUT2D eigenvalue weighted by Gasteiger charge is 2.26. The zero-order chi connectivity index (χ0) is 19.5. The quantitative estimate of drug-likeness (QED) is 0.500. The van der Waals surface area contributed by atoms with Crippen LogP contribution in [0, 0.1) is 14.9 Å². The van der Waals surface area contributed by atoms with Crippen LogP contribution < -0.4 is 5.01 Å². The third-order valence-electron chi connectivity index (χ3n) is 5.17. The third-order valence-corrected chi connectivity index (χ3v) is 6.22. The molecule has 0 aliphatic carbocycles. The van der Waals surface area contributed by atoms with E-state index < -0.39 is 0 Å². The Bertz CT molecular complexity index is 1070. The number of nitriles is 1. The van der Waals surface area contributed by atoms with Crippen LogP contribution in [0.2, 0.25) is 0 Å². The van der Waals surface area contributed by atoms with Crippen molar-refractivity contribution in [3.05, 3.63) is 75.4 Å². The van der Waals surface area contributed by atoms with Crippen molar-refractivity contribution in [3.8, 4) is 6.07 Å². The van der Waals surface area contributed by atoms with Gasteiger partial charge in [0.1, 0.15) is 0 Å². The van der Waals surface area contributed by atoms with Crippen molar-refractivity contribution < 1.29 is 4.79 Å². The summed E-state index contributed by atoms with van der Waals surface area (Å²) in [4.78, 5) is 13.2. The molecule has 1 heterocycles. The molecule has 1 saturated heterocycles. The van der Waals surface area contributed by atoms with Gasteiger partial charge in [-0.3, -0.25) is 14.8 Å². The molecule has 28 heavy (non-hydrogen) atoms. The molecule has 4 nitrogen and oxygen atoms in total. The van der Waals surface area contributed by atoms with Crippen molar-refractivity contribution >= 4 is 45.0 Å². The van der Waals surface area contributed by atoms with Crippen LogP contribution in [0.5, 0.6) is 0 Å². The normalized spacial score (nSPS) is 14.1. The molecule has 3 aromatic carbocycles. The molecular formula is C23H20IN3O. The van der Waals surface area contributed by atoms with Gasteiger partial charge in [-0.05, 0) is 59.2 Å². The van der Waals surface area contributed by atoms with Gasteiger partial charge in [0, 0.05) is 27.4 Å². The van der Waals surface area contributed by atoms with Crippen LogP contribution >= 0.6 is 22.6 Å². The van der Waals surface area contributed by atoms with Crippen molar-refractivity contribution in [2.75, 3.05) is 18.1 Å². The van der Waals surface area contributed by atoms with Gasteiger partial charge in [-0.2, -0.15) is 5.26 Å². The second-order valence-electron chi connectivity index (χ2n) is 6.90. The van der Waals surface area contributed by atoms with E-state index >= 15 is 0 Å². The first-order chi connectivity index (χ1) is 13.7. The number of halogens is 1. The number of carbonyl (C=O) groups excluding carboxylic acids is 1. The smallest absolute Gasteiger partial charge is 0.245 e. The van der Waals surface area contributed by atoms with Crippen LogP contribution in [-0.4, -0.2) is 24.0 Å². The highest BCUT2D eigenvalue weighted by Crippen LogP contribution is 2.32. The summed E-state index contributed by atoms with van der Waals surface area (Å²) in [6.07, 6.45) is 2.44. The Labute approximate surface area is 178 Å². The lowest BCUT2D eigenvalue weighted by Gasteiger charge is -2.41. The molecule has 5 heteroatoms. The van der Waals surface area contributed by atoms with Gasteiger partial charge in [0.25, 0.3) is 0 Å². The Morgan fingerprint density at radius 3 is 2.46 bits per heavy atom. The highest BCUT2D eigenvalue weighted by molar-refractivity contribution is 14.1. The van der Waals surface area contributed by atoms with E-state index in [1.165, 1.54) is 0 Å². The molecule has 0 N–H and O–H groups in total. The molecule has 3 aromatic rings. The molecule has 4 rings (SSSR count). The number of nitrogens with zero attached hydrogens (tertiary/aromatic N) is 3. The highest BCUT2D eigenvalue weighted by atomic mass is 127. The summed E-state index contributed by atoms with van der Waals surface area (Å²) in [5.74, 6) is 0.109. The first-order valence-corrected chi connectivity index (χ1v) is 10.5. The van der Waals surface area contributed by atoms with Crippen LogP contribution in [0.1, 0.15) is 24.0 Å². The summed E-state index contributed by atoms with van der Waals surface area (Å²) in [5, 5.41) is 15.4. The monoisotopic (exact) mass is 481 g/mol. The first kappa shape index (κ1) is 18.8. The predicted octanol–water partition coefficient (Wildman–Crippen LogP) is 4.90. The summed E-state index contributed by atoms with van der Waals surface area (Å²) in [6.45, 7) is 1.52. The van der Waals surface area contributed by atoms with E-state index in [1.54, 1.807) is 0 Å². The topological polar surface area (TPSA) is 47.3 Å². The van der Waals surface area contributed by atoms with Gasteiger partial charge in [0.15, 0.2) is 0 Å². The van der Waals surface area contributed by atoms with Gasteiger partial charge in [0.2, 0.25) is 5.91 Å². The van der Waals surface area contributed by atoms with Gasteiger partial charge < -0.3 is 0 Å². The van der Waals surface area contributed by atoms with Gasteiger partial charge in [0.05, 0.1) is 23.7 Å². The molecule has 0 unspecified atom stereocenters. The van der Waals surface area contributed by atoms with Gasteiger partial charge in [-0.1, -0.05) is 42.5 Å². The second-order valence-corrected chi connectivity index (χ2v) is 8.07. The van der Waals surface area contributed by atoms with E-state index in [9.17, 15) is 10.1 Å². The fraction of sp³-hybridized carbons (Fsp3) is 0.217. The summed E-state index contributed by atoms with van der Waals surface area (Å²) in [6, 6.07) is 22.1. The van der Waals surface area contributed by atoms with Crippen LogP contribution in [0.15, 0.2) is 60.7 Å². The van der Waals surface area contributed by atoms with Gasteiger partial charge in [-0.15, -0.1) is 0 Å². The van der Waals surface area contributed by atoms with E-state index in [-0.39, 0.29) is 5.91 Å². The van der Waals surface area contributed by atoms with E-state index in [1.807, 2.05) is 65.7 Å². The third kappa shape index (κ3) is 3.57. The minimum absolute atomic E-state index is 0.109. The van der Waals surface area contributed by atoms with Gasteiger partial charge >= 0.3 is 0 Å². The van der Waals surface area contributed by atoms with E-state index in [0.29, 0.717) is 12.0 Å². The molecule has 0 bridgehead atoms. The van der Waals surface area contributed by atoms with Crippen LogP contribution in [0.4, 0.5) is 5.69 Å². The lowest BCUT2D eigenvalue weighted by molar-refractivity contribution is -0.131. The average molecular weight is 481 g/mol. The van der Waals surface area contributed by atoms with Crippen LogP contribution in [0.25, 0.3) is 10.8 Å². The molecule has 1 fully saturated rings. The first-order valence-electron chi connectivity index (χ1n) is 9.42. The Morgan fingerprint density at radius 2 is 1.68 bits per heavy atom. The molecule has 0 radical (unpaired) electrons. The van der Waals surface area contributed by atoms with Crippen molar-refractivity contribution in [3.63, 3.8) is 0 Å². The maximum atomic E-state index is 13.2. The number of fused-ring (bicyclic) bond motifs is 1. The summed E-state index contributed by atoms with van der Waals surface area (Å²) < 4.78 is 1.11. The fourth-order valence-electron chi connectivity index (χ4n) is 3.78. The number of amides is 1. The van der Waals surface area contributed by atoms with E-state index in [0.717, 1.165) is 51.5 Å². The Balaban J connectivity index is 1.70. The number of benzene rings is 3. The minimum atomic E-state index is 0.109. The lowest BCUT2D eigenvalue weighted by Crippen LogP contribution is -2.51. The summed E-state index contributed by atoms with van der Waals surface area (Å²) >= 11 is 2.29. The van der Waals surface area contributed by atoms with Crippen LogP contribution in [-0.2, 0) is 11.2 Å². The molecule has 1 aliphatic rings. The van der Waals surface area contributed by atoms with Gasteiger partial charge in [-0.25, -0.2) is 0 Å². The molecule has 0 spiro atoms. The van der Waals surface area contributed by atoms with Crippen LogP contribution in [0.3, 0.4) is 0 Å². The Hall–Kier alpha value is -2.59. The van der Waals surface area contributed by atoms with Crippen molar-refractivity contribution in [2.24, 2.45) is 0 Å². The SMILES string of the molecule is N#Cc1ccc(N2CCCCN2C(=O)Cc2ccccc2I)c2ccccc12. The van der Waals surface area contributed by atoms with Crippen molar-refractivity contribution in [2.45, 2.75) is 19.3 Å². The second kappa shape index (κ2) is 8.19. The summed E-state index contributed by atoms with van der Waals surface area (Å²) in [5.41, 5.74) is 2.71. The molecule has 140 valence electrons. The molecule has 1 amide bonds. The number of rotatable bonds is 3. The number of hydrogen-bond donors (Lipinski definition) is 0. The molecule has 0 saturated carbocycles. The number of carbonyl (C=O) groups is 1. The van der Waals surface area contributed by atoms with Crippen molar-refractivity contribution in [1.29, 1.82) is 5.26 Å². The number of anilines is 1. The zero-order valence-corrected chi connectivity index (χ0v) is 17.6. The molecular weight excluding hydrogens is 461 g/mol. The summed E-state index contributed by atoms with van der Waals surface area (Å²) in [7, 11) is 0. The number of hydrogen-bond acceptors (Lipinski definition) is 3. The van der Waals surface area contributed by atoms with E-state index in [2.05, 4.69) is 33.7 Å². The Morgan fingerprint density at radius 1 is 0.964 bits per heavy atom. The lowest BCUT2D eigenvalue weighted by atomic mass is 10.0. The maximum Gasteiger partial charge on any atom is 0.245 e. The zero-order valence-electron chi connectivity index (χ0n) is 15.4. The van der Waals surface area contributed by atoms with E-state index in [4.69, 9.17) is 0 Å². The standard InChI is InChI=1S/C23H20IN3O/c24-21-10-4-1-7-17(21)15-23(28)27-14-6-5-13-26(27)22-12-11-18(16-25)19-8-2-3-9-20(19)22/h1-4,7-12H,5-6,13-15H2. The fourth-order valence-corrected chi connectivity index (χ4v) is 4.35. The maximum absolute atomic E-state index is 13.2. The Kier molecular flexibility index (Phi) is 5.49.